The Balaban J connectivity index is 1.88. The van der Waals surface area contributed by atoms with Gasteiger partial charge in [0.1, 0.15) is 18.1 Å². The quantitative estimate of drug-likeness (QED) is 0.733. The number of rotatable bonds is 4. The first kappa shape index (κ1) is 16.4. The molecule has 9 heteroatoms. The monoisotopic (exact) mass is 340 g/mol. The minimum Gasteiger partial charge on any atom is -0.485 e. The fourth-order valence-corrected chi connectivity index (χ4v) is 2.28. The normalized spacial score (nSPS) is 12.4. The molecular weight excluding hydrogens is 324 g/mol. The van der Waals surface area contributed by atoms with Crippen LogP contribution in [0.15, 0.2) is 40.4 Å². The highest BCUT2D eigenvalue weighted by atomic mass is 16.5. The second kappa shape index (κ2) is 6.95. The van der Waals surface area contributed by atoms with Crippen molar-refractivity contribution in [2.24, 2.45) is 10.1 Å². The minimum absolute atomic E-state index is 0.138. The summed E-state index contributed by atoms with van der Waals surface area (Å²) in [6.45, 7) is 2.20. The van der Waals surface area contributed by atoms with E-state index < -0.39 is 6.09 Å². The number of amides is 1. The fourth-order valence-electron chi connectivity index (χ4n) is 2.28. The molecule has 1 amide bonds. The fraction of sp³-hybridized carbons (Fsp3) is 0.188. The van der Waals surface area contributed by atoms with Crippen molar-refractivity contribution < 1.29 is 14.3 Å². The van der Waals surface area contributed by atoms with Crippen molar-refractivity contribution >= 4 is 34.8 Å². The zero-order valence-corrected chi connectivity index (χ0v) is 13.4. The average molecular weight is 340 g/mol. The second-order valence-electron chi connectivity index (χ2n) is 5.09. The first-order valence-electron chi connectivity index (χ1n) is 7.53. The Kier molecular flexibility index (Phi) is 4.55. The molecule has 0 saturated carbocycles. The molecule has 1 aliphatic heterocycles. The number of hydrogen-bond acceptors (Lipinski definition) is 8. The average Bonchev–Trinajstić information content (AvgIpc) is 2.62. The summed E-state index contributed by atoms with van der Waals surface area (Å²) in [5, 5.41) is 5.84. The predicted octanol–water partition coefficient (Wildman–Crippen LogP) is 3.41. The molecular formula is C16H16N6O3. The van der Waals surface area contributed by atoms with E-state index in [1.54, 1.807) is 37.3 Å². The van der Waals surface area contributed by atoms with Crippen LogP contribution in [0.2, 0.25) is 0 Å². The van der Waals surface area contributed by atoms with Gasteiger partial charge in [-0.15, -0.1) is 0 Å². The molecule has 4 N–H and O–H groups in total. The van der Waals surface area contributed by atoms with Crippen molar-refractivity contribution in [3.63, 3.8) is 0 Å². The van der Waals surface area contributed by atoms with E-state index in [2.05, 4.69) is 20.4 Å². The number of nitrogens with two attached hydrogens (primary N) is 1. The Morgan fingerprint density at radius 3 is 2.88 bits per heavy atom. The number of carbonyl (C=O) groups excluding carboxylic acids is 1. The van der Waals surface area contributed by atoms with Gasteiger partial charge in [-0.3, -0.25) is 5.32 Å². The molecule has 0 saturated heterocycles. The number of hydrogen-bond donors (Lipinski definition) is 3. The zero-order valence-electron chi connectivity index (χ0n) is 13.4. The summed E-state index contributed by atoms with van der Waals surface area (Å²) < 4.78 is 10.5. The maximum absolute atomic E-state index is 11.5. The van der Waals surface area contributed by atoms with Gasteiger partial charge in [0.25, 0.3) is 0 Å². The topological polar surface area (TPSA) is 135 Å². The van der Waals surface area contributed by atoms with Crippen LogP contribution in [0, 0.1) is 5.53 Å². The summed E-state index contributed by atoms with van der Waals surface area (Å²) in [5.41, 5.74) is 15.4. The molecule has 1 aromatic carbocycles. The number of anilines is 2. The van der Waals surface area contributed by atoms with E-state index in [1.807, 2.05) is 0 Å². The van der Waals surface area contributed by atoms with Crippen LogP contribution in [0.5, 0.6) is 5.75 Å². The lowest BCUT2D eigenvalue weighted by atomic mass is 10.1. The van der Waals surface area contributed by atoms with Crippen LogP contribution in [0.4, 0.5) is 27.8 Å². The summed E-state index contributed by atoms with van der Waals surface area (Å²) in [6, 6.07) is 8.59. The molecule has 2 aromatic rings. The van der Waals surface area contributed by atoms with Crippen LogP contribution in [-0.2, 0) is 4.74 Å². The second-order valence-corrected chi connectivity index (χ2v) is 5.09. The summed E-state index contributed by atoms with van der Waals surface area (Å²) in [6.07, 6.45) is -0.616. The molecule has 9 nitrogen and oxygen atoms in total. The number of nitrogens with zero attached hydrogens (tertiary/aromatic N) is 3. The Hall–Kier alpha value is -3.49. The third-order valence-corrected chi connectivity index (χ3v) is 3.43. The molecule has 1 aliphatic rings. The van der Waals surface area contributed by atoms with Crippen LogP contribution in [0.1, 0.15) is 12.5 Å². The first-order chi connectivity index (χ1) is 12.1. The molecule has 0 atom stereocenters. The minimum atomic E-state index is -0.616. The predicted molar refractivity (Wildman–Crippen MR) is 92.2 cm³/mol. The number of benzene rings is 1. The van der Waals surface area contributed by atoms with Gasteiger partial charge < -0.3 is 15.2 Å². The van der Waals surface area contributed by atoms with E-state index in [9.17, 15) is 4.79 Å². The van der Waals surface area contributed by atoms with Gasteiger partial charge >= 0.3 is 6.09 Å². The lowest BCUT2D eigenvalue weighted by molar-refractivity contribution is 0.168. The van der Waals surface area contributed by atoms with Gasteiger partial charge in [-0.25, -0.2) is 20.3 Å². The van der Waals surface area contributed by atoms with Crippen LogP contribution in [0.25, 0.3) is 0 Å². The lowest BCUT2D eigenvalue weighted by Gasteiger charge is -2.19. The SMILES string of the molecule is CCOC(=O)Nc1cc2c(c(N)n1)N=C(c1ccc(N=N)cc1)CO2. The maximum Gasteiger partial charge on any atom is 0.412 e. The largest absolute Gasteiger partial charge is 0.485 e. The molecule has 0 fully saturated rings. The standard InChI is InChI=1S/C16H16N6O3/c1-2-24-16(23)21-13-7-12-14(15(17)20-13)19-11(8-25-12)9-3-5-10(22-18)6-4-9/h3-7,18H,2,8H2,1H3,(H3,17,20,21,23). The van der Waals surface area contributed by atoms with Crippen molar-refractivity contribution in [2.75, 3.05) is 24.3 Å². The Morgan fingerprint density at radius 1 is 1.44 bits per heavy atom. The van der Waals surface area contributed by atoms with Gasteiger partial charge in [-0.1, -0.05) is 12.1 Å². The molecule has 128 valence electrons. The molecule has 3 rings (SSSR count). The number of carbonyl (C=O) groups is 1. The Bertz CT molecular complexity index is 848. The Morgan fingerprint density at radius 2 is 2.20 bits per heavy atom. The number of nitrogens with one attached hydrogen (secondary N) is 2. The van der Waals surface area contributed by atoms with Crippen LogP contribution in [-0.4, -0.2) is 30.0 Å². The number of aliphatic imine (C=N–C) groups is 1. The maximum atomic E-state index is 11.5. The molecule has 0 bridgehead atoms. The van der Waals surface area contributed by atoms with E-state index in [0.717, 1.165) is 5.56 Å². The third kappa shape index (κ3) is 3.55. The van der Waals surface area contributed by atoms with E-state index in [-0.39, 0.29) is 24.8 Å². The first-order valence-corrected chi connectivity index (χ1v) is 7.53. The van der Waals surface area contributed by atoms with Gasteiger partial charge in [-0.2, -0.15) is 5.11 Å². The van der Waals surface area contributed by atoms with Gasteiger partial charge in [0.15, 0.2) is 11.6 Å². The summed E-state index contributed by atoms with van der Waals surface area (Å²) >= 11 is 0. The van der Waals surface area contributed by atoms with Crippen LogP contribution < -0.4 is 15.8 Å². The number of aromatic nitrogens is 1. The molecule has 0 aliphatic carbocycles. The van der Waals surface area contributed by atoms with Crippen molar-refractivity contribution in [2.45, 2.75) is 6.92 Å². The zero-order chi connectivity index (χ0) is 17.8. The third-order valence-electron chi connectivity index (χ3n) is 3.43. The van der Waals surface area contributed by atoms with Gasteiger partial charge in [0, 0.05) is 6.07 Å². The molecule has 0 unspecified atom stereocenters. The number of fused-ring (bicyclic) bond motifs is 1. The lowest BCUT2D eigenvalue weighted by Crippen LogP contribution is -2.18. The summed E-state index contributed by atoms with van der Waals surface area (Å²) in [7, 11) is 0. The summed E-state index contributed by atoms with van der Waals surface area (Å²) in [4.78, 5) is 20.1. The highest BCUT2D eigenvalue weighted by Crippen LogP contribution is 2.37. The number of pyridine rings is 1. The molecule has 2 heterocycles. The van der Waals surface area contributed by atoms with Gasteiger partial charge in [0.2, 0.25) is 0 Å². The highest BCUT2D eigenvalue weighted by Gasteiger charge is 2.20. The number of nitrogen functional groups attached to an aromatic ring is 1. The van der Waals surface area contributed by atoms with Crippen molar-refractivity contribution in [3.8, 4) is 5.75 Å². The van der Waals surface area contributed by atoms with Crippen molar-refractivity contribution in [1.82, 2.24) is 4.98 Å². The van der Waals surface area contributed by atoms with Crippen LogP contribution >= 0.6 is 0 Å². The van der Waals surface area contributed by atoms with E-state index in [0.29, 0.717) is 22.8 Å². The van der Waals surface area contributed by atoms with Gasteiger partial charge in [0.05, 0.1) is 18.0 Å². The highest BCUT2D eigenvalue weighted by molar-refractivity contribution is 6.05. The molecule has 1 aromatic heterocycles. The smallest absolute Gasteiger partial charge is 0.412 e. The van der Waals surface area contributed by atoms with E-state index >= 15 is 0 Å². The summed E-state index contributed by atoms with van der Waals surface area (Å²) in [5.74, 6) is 0.801. The van der Waals surface area contributed by atoms with E-state index in [4.69, 9.17) is 20.7 Å². The van der Waals surface area contributed by atoms with Crippen LogP contribution in [0.3, 0.4) is 0 Å². The molecule has 25 heavy (non-hydrogen) atoms. The Labute approximate surface area is 143 Å². The number of ether oxygens (including phenoxy) is 2. The molecule has 0 spiro atoms. The van der Waals surface area contributed by atoms with Crippen molar-refractivity contribution in [1.29, 1.82) is 5.53 Å². The van der Waals surface area contributed by atoms with Crippen molar-refractivity contribution in [3.05, 3.63) is 35.9 Å². The van der Waals surface area contributed by atoms with E-state index in [1.165, 1.54) is 0 Å². The molecule has 0 radical (unpaired) electrons. The van der Waals surface area contributed by atoms with Gasteiger partial charge in [-0.05, 0) is 24.6 Å².